The minimum absolute atomic E-state index is 1.08. The molecule has 0 amide bonds. The summed E-state index contributed by atoms with van der Waals surface area (Å²) >= 11 is 0. The molecule has 0 saturated carbocycles. The van der Waals surface area contributed by atoms with E-state index in [1.165, 1.54) is 27.3 Å². The van der Waals surface area contributed by atoms with Crippen molar-refractivity contribution >= 4 is 21.7 Å². The van der Waals surface area contributed by atoms with Crippen molar-refractivity contribution in [1.29, 1.82) is 0 Å². The third kappa shape index (κ3) is 3.12. The molecular weight excluding hydrogens is 268 g/mol. The molecule has 4 rings (SSSR count). The van der Waals surface area contributed by atoms with Gasteiger partial charge in [-0.05, 0) is 43.0 Å². The predicted octanol–water partition coefficient (Wildman–Crippen LogP) is 5.09. The van der Waals surface area contributed by atoms with E-state index in [1.54, 1.807) is 0 Å². The van der Waals surface area contributed by atoms with E-state index < -0.39 is 0 Å². The zero-order chi connectivity index (χ0) is 15.4. The first kappa shape index (κ1) is 14.2. The monoisotopic (exact) mass is 286 g/mol. The van der Waals surface area contributed by atoms with E-state index in [0.717, 1.165) is 5.52 Å². The van der Waals surface area contributed by atoms with E-state index >= 15 is 0 Å². The first-order valence-electron chi connectivity index (χ1n) is 7.35. The van der Waals surface area contributed by atoms with Crippen LogP contribution in [0.4, 0.5) is 0 Å². The fraction of sp³-hybridized carbons (Fsp3) is 0.100. The lowest BCUT2D eigenvalue weighted by Gasteiger charge is -1.97. The van der Waals surface area contributed by atoms with Crippen LogP contribution in [0.1, 0.15) is 11.1 Å². The molecule has 22 heavy (non-hydrogen) atoms. The van der Waals surface area contributed by atoms with Crippen LogP contribution in [0.2, 0.25) is 0 Å². The highest BCUT2D eigenvalue weighted by Gasteiger charge is 1.93. The zero-order valence-electron chi connectivity index (χ0n) is 12.8. The molecule has 0 atom stereocenters. The van der Waals surface area contributed by atoms with Gasteiger partial charge in [0.1, 0.15) is 0 Å². The van der Waals surface area contributed by atoms with Gasteiger partial charge in [-0.2, -0.15) is 0 Å². The zero-order valence-corrected chi connectivity index (χ0v) is 12.8. The van der Waals surface area contributed by atoms with Gasteiger partial charge in [0.25, 0.3) is 0 Å². The minimum atomic E-state index is 1.08. The second kappa shape index (κ2) is 6.35. The number of fused-ring (bicyclic) bond motifs is 2. The fourth-order valence-corrected chi connectivity index (χ4v) is 2.46. The first-order chi connectivity index (χ1) is 10.7. The third-order valence-electron chi connectivity index (χ3n) is 3.66. The Morgan fingerprint density at radius 2 is 1.68 bits per heavy atom. The summed E-state index contributed by atoms with van der Waals surface area (Å²) in [5, 5.41) is 3.72. The van der Waals surface area contributed by atoms with Gasteiger partial charge < -0.3 is 0 Å². The van der Waals surface area contributed by atoms with Gasteiger partial charge in [-0.25, -0.2) is 0 Å². The van der Waals surface area contributed by atoms with Crippen LogP contribution in [0.3, 0.4) is 0 Å². The van der Waals surface area contributed by atoms with Gasteiger partial charge in [-0.3, -0.25) is 9.97 Å². The summed E-state index contributed by atoms with van der Waals surface area (Å²) in [6.07, 6.45) is 5.53. The largest absolute Gasteiger partial charge is 0.264 e. The highest BCUT2D eigenvalue weighted by molar-refractivity contribution is 5.82. The second-order valence-corrected chi connectivity index (χ2v) is 5.37. The molecule has 2 nitrogen and oxygen atoms in total. The Balaban J connectivity index is 0.000000131. The van der Waals surface area contributed by atoms with Crippen molar-refractivity contribution in [3.05, 3.63) is 84.3 Å². The van der Waals surface area contributed by atoms with Crippen molar-refractivity contribution in [3.63, 3.8) is 0 Å². The van der Waals surface area contributed by atoms with Gasteiger partial charge in [0.2, 0.25) is 0 Å². The Bertz CT molecular complexity index is 902. The van der Waals surface area contributed by atoms with Gasteiger partial charge in [0.05, 0.1) is 5.52 Å². The molecule has 0 fully saturated rings. The normalized spacial score (nSPS) is 10.3. The Labute approximate surface area is 130 Å². The Morgan fingerprint density at radius 1 is 0.773 bits per heavy atom. The van der Waals surface area contributed by atoms with Crippen LogP contribution in [-0.4, -0.2) is 9.97 Å². The summed E-state index contributed by atoms with van der Waals surface area (Å²) in [6.45, 7) is 4.20. The SMILES string of the molecule is Cc1ccc2cnccc2c1.Cc1cccc2ncccc12. The lowest BCUT2D eigenvalue weighted by molar-refractivity contribution is 1.36. The van der Waals surface area contributed by atoms with Gasteiger partial charge in [-0.15, -0.1) is 0 Å². The summed E-state index contributed by atoms with van der Waals surface area (Å²) in [5.74, 6) is 0. The van der Waals surface area contributed by atoms with Crippen LogP contribution in [0.25, 0.3) is 21.7 Å². The number of aromatic nitrogens is 2. The van der Waals surface area contributed by atoms with Crippen LogP contribution in [0.5, 0.6) is 0 Å². The quantitative estimate of drug-likeness (QED) is 0.450. The third-order valence-corrected chi connectivity index (χ3v) is 3.66. The van der Waals surface area contributed by atoms with Crippen LogP contribution < -0.4 is 0 Å². The van der Waals surface area contributed by atoms with Crippen LogP contribution in [0, 0.1) is 13.8 Å². The molecule has 2 heterocycles. The second-order valence-electron chi connectivity index (χ2n) is 5.37. The van der Waals surface area contributed by atoms with Gasteiger partial charge in [0, 0.05) is 29.4 Å². The maximum atomic E-state index is 4.24. The summed E-state index contributed by atoms with van der Waals surface area (Å²) in [4.78, 5) is 8.28. The number of pyridine rings is 2. The average Bonchev–Trinajstić information content (AvgIpc) is 2.56. The maximum absolute atomic E-state index is 4.24. The van der Waals surface area contributed by atoms with E-state index in [1.807, 2.05) is 42.9 Å². The number of rotatable bonds is 0. The smallest absolute Gasteiger partial charge is 0.0704 e. The summed E-state index contributed by atoms with van der Waals surface area (Å²) in [6, 6.07) is 18.6. The van der Waals surface area contributed by atoms with Crippen LogP contribution in [0.15, 0.2) is 73.2 Å². The molecule has 0 aliphatic rings. The summed E-state index contributed by atoms with van der Waals surface area (Å²) in [7, 11) is 0. The van der Waals surface area contributed by atoms with E-state index in [-0.39, 0.29) is 0 Å². The molecule has 108 valence electrons. The molecule has 2 heteroatoms. The molecule has 2 aromatic heterocycles. The number of nitrogens with zero attached hydrogens (tertiary/aromatic N) is 2. The van der Waals surface area contributed by atoms with Gasteiger partial charge in [-0.1, -0.05) is 42.0 Å². The predicted molar refractivity (Wildman–Crippen MR) is 93.0 cm³/mol. The molecular formula is C20H18N2. The van der Waals surface area contributed by atoms with Crippen LogP contribution >= 0.6 is 0 Å². The molecule has 0 aliphatic heterocycles. The number of benzene rings is 2. The number of aryl methyl sites for hydroxylation is 2. The lowest BCUT2D eigenvalue weighted by Crippen LogP contribution is -1.79. The van der Waals surface area contributed by atoms with E-state index in [0.29, 0.717) is 0 Å². The standard InChI is InChI=1S/2C10H9N/c1-8-4-2-6-10-9(8)5-3-7-11-10;1-8-2-3-10-7-11-5-4-9(10)6-8/h2*2-7H,1H3. The van der Waals surface area contributed by atoms with Crippen LogP contribution in [-0.2, 0) is 0 Å². The van der Waals surface area contributed by atoms with E-state index in [9.17, 15) is 0 Å². The van der Waals surface area contributed by atoms with E-state index in [4.69, 9.17) is 0 Å². The maximum Gasteiger partial charge on any atom is 0.0704 e. The Kier molecular flexibility index (Phi) is 4.10. The molecule has 0 radical (unpaired) electrons. The van der Waals surface area contributed by atoms with Crippen molar-refractivity contribution in [3.8, 4) is 0 Å². The molecule has 4 aromatic rings. The first-order valence-corrected chi connectivity index (χ1v) is 7.35. The van der Waals surface area contributed by atoms with Gasteiger partial charge in [0.15, 0.2) is 0 Å². The van der Waals surface area contributed by atoms with Crippen molar-refractivity contribution in [1.82, 2.24) is 9.97 Å². The molecule has 0 saturated heterocycles. The molecule has 0 unspecified atom stereocenters. The van der Waals surface area contributed by atoms with Gasteiger partial charge >= 0.3 is 0 Å². The van der Waals surface area contributed by atoms with Crippen molar-refractivity contribution in [2.75, 3.05) is 0 Å². The Morgan fingerprint density at radius 3 is 2.55 bits per heavy atom. The molecule has 0 aliphatic carbocycles. The van der Waals surface area contributed by atoms with Crippen molar-refractivity contribution in [2.24, 2.45) is 0 Å². The highest BCUT2D eigenvalue weighted by atomic mass is 14.6. The fourth-order valence-electron chi connectivity index (χ4n) is 2.46. The molecule has 0 bridgehead atoms. The number of hydrogen-bond donors (Lipinski definition) is 0. The molecule has 2 aromatic carbocycles. The Hall–Kier alpha value is -2.74. The summed E-state index contributed by atoms with van der Waals surface area (Å²) in [5.41, 5.74) is 3.66. The highest BCUT2D eigenvalue weighted by Crippen LogP contribution is 2.14. The lowest BCUT2D eigenvalue weighted by atomic mass is 10.1. The minimum Gasteiger partial charge on any atom is -0.264 e. The van der Waals surface area contributed by atoms with Crippen molar-refractivity contribution in [2.45, 2.75) is 13.8 Å². The van der Waals surface area contributed by atoms with E-state index in [2.05, 4.69) is 54.1 Å². The topological polar surface area (TPSA) is 25.8 Å². The summed E-state index contributed by atoms with van der Waals surface area (Å²) < 4.78 is 0. The van der Waals surface area contributed by atoms with Crippen molar-refractivity contribution < 1.29 is 0 Å². The molecule has 0 N–H and O–H groups in total. The molecule has 0 spiro atoms. The average molecular weight is 286 g/mol. The number of hydrogen-bond acceptors (Lipinski definition) is 2.